The zero-order chi connectivity index (χ0) is 11.4. The zero-order valence-electron chi connectivity index (χ0n) is 9.19. The molecule has 16 heavy (non-hydrogen) atoms. The highest BCUT2D eigenvalue weighted by Crippen LogP contribution is 2.14. The Hall–Kier alpha value is -1.69. The van der Waals surface area contributed by atoms with Gasteiger partial charge >= 0.3 is 0 Å². The molecule has 2 aromatic rings. The lowest BCUT2D eigenvalue weighted by Gasteiger charge is -2.08. The molecule has 0 fully saturated rings. The summed E-state index contributed by atoms with van der Waals surface area (Å²) in [5.41, 5.74) is 2.85. The Labute approximate surface area is 98.0 Å². The number of aromatic nitrogens is 3. The largest absolute Gasteiger partial charge is 0.365 e. The van der Waals surface area contributed by atoms with Crippen LogP contribution < -0.4 is 10.6 Å². The first-order chi connectivity index (χ1) is 7.79. The van der Waals surface area contributed by atoms with Gasteiger partial charge in [-0.3, -0.25) is 4.98 Å². The maximum Gasteiger partial charge on any atom is 0.224 e. The third kappa shape index (κ3) is 2.46. The second-order valence-electron chi connectivity index (χ2n) is 3.30. The fourth-order valence-corrected chi connectivity index (χ4v) is 1.78. The van der Waals surface area contributed by atoms with E-state index in [-0.39, 0.29) is 0 Å². The molecule has 0 aliphatic carbocycles. The Morgan fingerprint density at radius 1 is 1.38 bits per heavy atom. The third-order valence-corrected chi connectivity index (χ3v) is 2.89. The Morgan fingerprint density at radius 2 is 2.25 bits per heavy atom. The van der Waals surface area contributed by atoms with Gasteiger partial charge in [0.25, 0.3) is 0 Å². The first-order valence-corrected chi connectivity index (χ1v) is 5.80. The minimum absolute atomic E-state index is 0.623. The van der Waals surface area contributed by atoms with Crippen molar-refractivity contribution in [2.45, 2.75) is 13.5 Å². The molecule has 2 aromatic heterocycles. The topological polar surface area (TPSA) is 62.7 Å². The number of anilines is 2. The minimum Gasteiger partial charge on any atom is -0.365 e. The van der Waals surface area contributed by atoms with Crippen molar-refractivity contribution in [2.75, 3.05) is 17.7 Å². The molecule has 0 atom stereocenters. The van der Waals surface area contributed by atoms with Gasteiger partial charge in [-0.2, -0.15) is 4.98 Å². The molecular formula is C10H13N5S. The molecule has 6 heteroatoms. The van der Waals surface area contributed by atoms with Crippen molar-refractivity contribution in [1.29, 1.82) is 0 Å². The molecule has 0 saturated heterocycles. The SMILES string of the molecule is CNc1ncc(C)c(NCc2cncs2)n1. The van der Waals surface area contributed by atoms with E-state index in [9.17, 15) is 0 Å². The zero-order valence-corrected chi connectivity index (χ0v) is 10.0. The van der Waals surface area contributed by atoms with Crippen LogP contribution in [0, 0.1) is 6.92 Å². The Bertz CT molecular complexity index is 454. The molecule has 2 N–H and O–H groups in total. The number of hydrogen-bond donors (Lipinski definition) is 2. The molecule has 0 spiro atoms. The Balaban J connectivity index is 2.08. The first-order valence-electron chi connectivity index (χ1n) is 4.92. The second-order valence-corrected chi connectivity index (χ2v) is 4.27. The van der Waals surface area contributed by atoms with Crippen LogP contribution in [0.5, 0.6) is 0 Å². The van der Waals surface area contributed by atoms with Crippen LogP contribution >= 0.6 is 11.3 Å². The molecule has 0 radical (unpaired) electrons. The Morgan fingerprint density at radius 3 is 2.94 bits per heavy atom. The van der Waals surface area contributed by atoms with Crippen molar-refractivity contribution < 1.29 is 0 Å². The summed E-state index contributed by atoms with van der Waals surface area (Å²) in [5, 5.41) is 6.19. The number of aryl methyl sites for hydroxylation is 1. The molecule has 2 heterocycles. The van der Waals surface area contributed by atoms with E-state index in [1.165, 1.54) is 4.88 Å². The molecule has 84 valence electrons. The lowest BCUT2D eigenvalue weighted by Crippen LogP contribution is -2.05. The van der Waals surface area contributed by atoms with Crippen molar-refractivity contribution in [3.05, 3.63) is 28.3 Å². The highest BCUT2D eigenvalue weighted by molar-refractivity contribution is 7.09. The van der Waals surface area contributed by atoms with E-state index in [0.717, 1.165) is 17.9 Å². The predicted octanol–water partition coefficient (Wildman–Crippen LogP) is 1.90. The highest BCUT2D eigenvalue weighted by Gasteiger charge is 2.02. The summed E-state index contributed by atoms with van der Waals surface area (Å²) in [6.07, 6.45) is 3.65. The van der Waals surface area contributed by atoms with Gasteiger partial charge in [0.15, 0.2) is 0 Å². The van der Waals surface area contributed by atoms with E-state index in [1.807, 2.05) is 18.6 Å². The molecule has 0 bridgehead atoms. The second kappa shape index (κ2) is 4.89. The van der Waals surface area contributed by atoms with E-state index in [1.54, 1.807) is 24.6 Å². The quantitative estimate of drug-likeness (QED) is 0.847. The monoisotopic (exact) mass is 235 g/mol. The summed E-state index contributed by atoms with van der Waals surface area (Å²) in [7, 11) is 1.80. The molecule has 2 rings (SSSR count). The van der Waals surface area contributed by atoms with Crippen LogP contribution in [-0.2, 0) is 6.54 Å². The maximum absolute atomic E-state index is 4.34. The standard InChI is InChI=1S/C10H13N5S/c1-7-3-14-10(11-2)15-9(7)13-5-8-4-12-6-16-8/h3-4,6H,5H2,1-2H3,(H2,11,13,14,15). The van der Waals surface area contributed by atoms with Gasteiger partial charge < -0.3 is 10.6 Å². The van der Waals surface area contributed by atoms with E-state index in [0.29, 0.717) is 5.95 Å². The third-order valence-electron chi connectivity index (χ3n) is 2.11. The average molecular weight is 235 g/mol. The van der Waals surface area contributed by atoms with E-state index in [2.05, 4.69) is 25.6 Å². The van der Waals surface area contributed by atoms with Crippen LogP contribution in [0.3, 0.4) is 0 Å². The van der Waals surface area contributed by atoms with Gasteiger partial charge in [0.05, 0.1) is 12.1 Å². The van der Waals surface area contributed by atoms with Gasteiger partial charge in [-0.25, -0.2) is 4.98 Å². The van der Waals surface area contributed by atoms with Crippen molar-refractivity contribution in [1.82, 2.24) is 15.0 Å². The number of hydrogen-bond acceptors (Lipinski definition) is 6. The van der Waals surface area contributed by atoms with Gasteiger partial charge in [0, 0.05) is 29.9 Å². The number of rotatable bonds is 4. The van der Waals surface area contributed by atoms with Gasteiger partial charge in [-0.1, -0.05) is 0 Å². The molecule has 0 aromatic carbocycles. The van der Waals surface area contributed by atoms with E-state index in [4.69, 9.17) is 0 Å². The normalized spacial score (nSPS) is 10.1. The Kier molecular flexibility index (Phi) is 3.31. The molecule has 0 saturated carbocycles. The fourth-order valence-electron chi connectivity index (χ4n) is 1.24. The predicted molar refractivity (Wildman–Crippen MR) is 65.8 cm³/mol. The highest BCUT2D eigenvalue weighted by atomic mass is 32.1. The first kappa shape index (κ1) is 10.8. The fraction of sp³-hybridized carbons (Fsp3) is 0.300. The summed E-state index contributed by atoms with van der Waals surface area (Å²) in [6.45, 7) is 2.72. The molecule has 0 aliphatic rings. The number of nitrogens with zero attached hydrogens (tertiary/aromatic N) is 3. The van der Waals surface area contributed by atoms with Gasteiger partial charge in [0.2, 0.25) is 5.95 Å². The number of thiazole rings is 1. The lowest BCUT2D eigenvalue weighted by atomic mass is 10.3. The molecule has 0 amide bonds. The van der Waals surface area contributed by atoms with E-state index < -0.39 is 0 Å². The van der Waals surface area contributed by atoms with Gasteiger partial charge in [-0.05, 0) is 6.92 Å². The molecule has 0 aliphatic heterocycles. The summed E-state index contributed by atoms with van der Waals surface area (Å²) in [5.74, 6) is 1.48. The van der Waals surface area contributed by atoms with E-state index >= 15 is 0 Å². The van der Waals surface area contributed by atoms with Crippen LogP contribution in [0.25, 0.3) is 0 Å². The van der Waals surface area contributed by atoms with Gasteiger partial charge in [-0.15, -0.1) is 11.3 Å². The van der Waals surface area contributed by atoms with Gasteiger partial charge in [0.1, 0.15) is 5.82 Å². The van der Waals surface area contributed by atoms with Crippen LogP contribution in [0.2, 0.25) is 0 Å². The lowest BCUT2D eigenvalue weighted by molar-refractivity contribution is 1.07. The average Bonchev–Trinajstić information content (AvgIpc) is 2.81. The molecule has 5 nitrogen and oxygen atoms in total. The van der Waals surface area contributed by atoms with Crippen LogP contribution in [-0.4, -0.2) is 22.0 Å². The van der Waals surface area contributed by atoms with Crippen molar-refractivity contribution in [3.63, 3.8) is 0 Å². The van der Waals surface area contributed by atoms with Crippen molar-refractivity contribution in [3.8, 4) is 0 Å². The smallest absolute Gasteiger partial charge is 0.224 e. The minimum atomic E-state index is 0.623. The molecule has 0 unspecified atom stereocenters. The van der Waals surface area contributed by atoms with Crippen molar-refractivity contribution in [2.24, 2.45) is 0 Å². The summed E-state index contributed by atoms with van der Waals surface area (Å²) in [6, 6.07) is 0. The summed E-state index contributed by atoms with van der Waals surface area (Å²) in [4.78, 5) is 13.7. The summed E-state index contributed by atoms with van der Waals surface area (Å²) < 4.78 is 0. The molecular weight excluding hydrogens is 222 g/mol. The van der Waals surface area contributed by atoms with Crippen LogP contribution in [0.15, 0.2) is 17.9 Å². The summed E-state index contributed by atoms with van der Waals surface area (Å²) >= 11 is 1.63. The van der Waals surface area contributed by atoms with Crippen LogP contribution in [0.4, 0.5) is 11.8 Å². The number of nitrogens with one attached hydrogen (secondary N) is 2. The van der Waals surface area contributed by atoms with Crippen LogP contribution in [0.1, 0.15) is 10.4 Å². The van der Waals surface area contributed by atoms with Crippen molar-refractivity contribution >= 4 is 23.1 Å². The maximum atomic E-state index is 4.34.